The molecule has 0 radical (unpaired) electrons. The lowest BCUT2D eigenvalue weighted by molar-refractivity contribution is -0.170. The maximum absolute atomic E-state index is 12.7. The predicted octanol–water partition coefficient (Wildman–Crippen LogP) is 1.90. The van der Waals surface area contributed by atoms with Crippen molar-refractivity contribution in [1.29, 1.82) is 0 Å². The van der Waals surface area contributed by atoms with E-state index >= 15 is 0 Å². The lowest BCUT2D eigenvalue weighted by Gasteiger charge is -2.20. The summed E-state index contributed by atoms with van der Waals surface area (Å²) in [7, 11) is 0. The van der Waals surface area contributed by atoms with E-state index in [0.29, 0.717) is 12.1 Å². The van der Waals surface area contributed by atoms with Gasteiger partial charge in [0.2, 0.25) is 5.91 Å². The minimum absolute atomic E-state index is 0.0334. The van der Waals surface area contributed by atoms with Crippen LogP contribution in [0.5, 0.6) is 0 Å². The second-order valence-electron chi connectivity index (χ2n) is 4.83. The zero-order chi connectivity index (χ0) is 14.1. The molecule has 1 fully saturated rings. The summed E-state index contributed by atoms with van der Waals surface area (Å²) >= 11 is 0. The highest BCUT2D eigenvalue weighted by Gasteiger charge is 2.64. The Balaban J connectivity index is 1.94. The van der Waals surface area contributed by atoms with Gasteiger partial charge in [0.05, 0.1) is 6.42 Å². The number of nitrogens with two attached hydrogens (primary N) is 1. The zero-order valence-corrected chi connectivity index (χ0v) is 10.3. The van der Waals surface area contributed by atoms with E-state index < -0.39 is 17.6 Å². The molecule has 19 heavy (non-hydrogen) atoms. The number of amides is 1. The van der Waals surface area contributed by atoms with Gasteiger partial charge in [0.25, 0.3) is 0 Å². The molecule has 1 aromatic carbocycles. The monoisotopic (exact) mass is 272 g/mol. The van der Waals surface area contributed by atoms with Crippen molar-refractivity contribution in [3.63, 3.8) is 0 Å². The normalized spacial score (nSPS) is 17.1. The third kappa shape index (κ3) is 3.07. The molecule has 0 atom stereocenters. The first-order valence-corrected chi connectivity index (χ1v) is 6.02. The first-order chi connectivity index (χ1) is 8.86. The quantitative estimate of drug-likeness (QED) is 0.879. The minimum Gasteiger partial charge on any atom is -0.342 e. The summed E-state index contributed by atoms with van der Waals surface area (Å²) in [4.78, 5) is 11.6. The van der Waals surface area contributed by atoms with Crippen LogP contribution in [0.2, 0.25) is 0 Å². The van der Waals surface area contributed by atoms with Gasteiger partial charge in [-0.15, -0.1) is 0 Å². The van der Waals surface area contributed by atoms with Crippen LogP contribution in [0.4, 0.5) is 13.2 Å². The molecule has 104 valence electrons. The number of nitrogens with one attached hydrogen (secondary N) is 1. The molecule has 2 rings (SSSR count). The highest BCUT2D eigenvalue weighted by Crippen LogP contribution is 2.48. The molecule has 1 aliphatic rings. The van der Waals surface area contributed by atoms with Gasteiger partial charge in [0.1, 0.15) is 5.54 Å². The van der Waals surface area contributed by atoms with Crippen molar-refractivity contribution in [3.05, 3.63) is 35.4 Å². The van der Waals surface area contributed by atoms with Crippen molar-refractivity contribution in [2.75, 3.05) is 0 Å². The van der Waals surface area contributed by atoms with Crippen molar-refractivity contribution < 1.29 is 18.0 Å². The number of alkyl halides is 3. The average molecular weight is 272 g/mol. The van der Waals surface area contributed by atoms with Gasteiger partial charge in [-0.3, -0.25) is 4.79 Å². The van der Waals surface area contributed by atoms with E-state index in [2.05, 4.69) is 5.32 Å². The number of carbonyl (C=O) groups is 1. The van der Waals surface area contributed by atoms with Crippen LogP contribution in [-0.4, -0.2) is 17.6 Å². The summed E-state index contributed by atoms with van der Waals surface area (Å²) in [6, 6.07) is 6.93. The van der Waals surface area contributed by atoms with Crippen molar-refractivity contribution in [2.45, 2.75) is 37.5 Å². The van der Waals surface area contributed by atoms with Gasteiger partial charge in [-0.1, -0.05) is 24.3 Å². The Labute approximate surface area is 109 Å². The number of rotatable bonds is 4. The second-order valence-corrected chi connectivity index (χ2v) is 4.83. The summed E-state index contributed by atoms with van der Waals surface area (Å²) in [6.45, 7) is 0.393. The van der Waals surface area contributed by atoms with E-state index in [1.807, 2.05) is 0 Å². The summed E-state index contributed by atoms with van der Waals surface area (Å²) < 4.78 is 38.0. The number of hydrogen-bond acceptors (Lipinski definition) is 2. The summed E-state index contributed by atoms with van der Waals surface area (Å²) in [6.07, 6.45) is -4.49. The molecule has 0 spiro atoms. The van der Waals surface area contributed by atoms with Gasteiger partial charge < -0.3 is 11.1 Å². The standard InChI is InChI=1S/C13H15F3N2O/c14-13(15,16)12(5-6-12)18-11(19)7-9-1-3-10(8-17)4-2-9/h1-4H,5-8,17H2,(H,18,19). The second kappa shape index (κ2) is 4.85. The molecule has 0 heterocycles. The molecular formula is C13H15F3N2O. The number of carbonyl (C=O) groups excluding carboxylic acids is 1. The molecule has 0 aromatic heterocycles. The van der Waals surface area contributed by atoms with Crippen LogP contribution in [0.25, 0.3) is 0 Å². The fourth-order valence-corrected chi connectivity index (χ4v) is 1.89. The van der Waals surface area contributed by atoms with E-state index in [-0.39, 0.29) is 19.3 Å². The Morgan fingerprint density at radius 2 is 1.74 bits per heavy atom. The Bertz CT molecular complexity index is 464. The topological polar surface area (TPSA) is 55.1 Å². The number of benzene rings is 1. The molecule has 0 aliphatic heterocycles. The fourth-order valence-electron chi connectivity index (χ4n) is 1.89. The Morgan fingerprint density at radius 1 is 1.21 bits per heavy atom. The van der Waals surface area contributed by atoms with E-state index in [1.165, 1.54) is 0 Å². The summed E-state index contributed by atoms with van der Waals surface area (Å²) in [5.74, 6) is -0.602. The van der Waals surface area contributed by atoms with Gasteiger partial charge >= 0.3 is 6.18 Å². The van der Waals surface area contributed by atoms with Crippen LogP contribution in [0.3, 0.4) is 0 Å². The van der Waals surface area contributed by atoms with Gasteiger partial charge in [-0.05, 0) is 24.0 Å². The summed E-state index contributed by atoms with van der Waals surface area (Å²) in [5.41, 5.74) is 5.04. The zero-order valence-electron chi connectivity index (χ0n) is 10.3. The molecular weight excluding hydrogens is 257 g/mol. The van der Waals surface area contributed by atoms with Crippen molar-refractivity contribution in [3.8, 4) is 0 Å². The van der Waals surface area contributed by atoms with Gasteiger partial charge in [-0.2, -0.15) is 13.2 Å². The third-order valence-electron chi connectivity index (χ3n) is 3.29. The van der Waals surface area contributed by atoms with Crippen LogP contribution in [-0.2, 0) is 17.8 Å². The van der Waals surface area contributed by atoms with Crippen molar-refractivity contribution >= 4 is 5.91 Å². The SMILES string of the molecule is NCc1ccc(CC(=O)NC2(C(F)(F)F)CC2)cc1. The van der Waals surface area contributed by atoms with Crippen LogP contribution in [0, 0.1) is 0 Å². The molecule has 0 bridgehead atoms. The smallest absolute Gasteiger partial charge is 0.342 e. The van der Waals surface area contributed by atoms with Crippen molar-refractivity contribution in [1.82, 2.24) is 5.32 Å². The highest BCUT2D eigenvalue weighted by atomic mass is 19.4. The molecule has 6 heteroatoms. The van der Waals surface area contributed by atoms with E-state index in [1.54, 1.807) is 24.3 Å². The Morgan fingerprint density at radius 3 is 2.16 bits per heavy atom. The molecule has 0 unspecified atom stereocenters. The van der Waals surface area contributed by atoms with Crippen LogP contribution in [0.15, 0.2) is 24.3 Å². The molecule has 0 saturated heterocycles. The lowest BCUT2D eigenvalue weighted by atomic mass is 10.1. The molecule has 1 amide bonds. The maximum Gasteiger partial charge on any atom is 0.411 e. The van der Waals surface area contributed by atoms with Gasteiger partial charge in [-0.25, -0.2) is 0 Å². The Hall–Kier alpha value is -1.56. The first-order valence-electron chi connectivity index (χ1n) is 6.02. The number of halogens is 3. The Kier molecular flexibility index (Phi) is 3.54. The number of hydrogen-bond donors (Lipinski definition) is 2. The molecule has 1 aliphatic carbocycles. The van der Waals surface area contributed by atoms with Crippen LogP contribution >= 0.6 is 0 Å². The maximum atomic E-state index is 12.7. The molecule has 3 N–H and O–H groups in total. The minimum atomic E-state index is -4.37. The molecule has 1 saturated carbocycles. The highest BCUT2D eigenvalue weighted by molar-refractivity contribution is 5.80. The molecule has 1 aromatic rings. The molecule has 3 nitrogen and oxygen atoms in total. The van der Waals surface area contributed by atoms with Gasteiger partial charge in [0, 0.05) is 6.54 Å². The third-order valence-corrected chi connectivity index (χ3v) is 3.29. The lowest BCUT2D eigenvalue weighted by Crippen LogP contribution is -2.48. The summed E-state index contributed by atoms with van der Waals surface area (Å²) in [5, 5.41) is 2.10. The van der Waals surface area contributed by atoms with E-state index in [0.717, 1.165) is 5.56 Å². The predicted molar refractivity (Wildman–Crippen MR) is 64.2 cm³/mol. The van der Waals surface area contributed by atoms with E-state index in [9.17, 15) is 18.0 Å². The van der Waals surface area contributed by atoms with Crippen LogP contribution in [0.1, 0.15) is 24.0 Å². The fraction of sp³-hybridized carbons (Fsp3) is 0.462. The van der Waals surface area contributed by atoms with Crippen molar-refractivity contribution in [2.24, 2.45) is 5.73 Å². The first kappa shape index (κ1) is 13.9. The van der Waals surface area contributed by atoms with Crippen LogP contribution < -0.4 is 11.1 Å². The largest absolute Gasteiger partial charge is 0.411 e. The van der Waals surface area contributed by atoms with E-state index in [4.69, 9.17) is 5.73 Å². The average Bonchev–Trinajstić information content (AvgIpc) is 3.10. The van der Waals surface area contributed by atoms with Gasteiger partial charge in [0.15, 0.2) is 0 Å².